The molecule has 2 rings (SSSR count). The average molecular weight is 692 g/mol. The molecule has 0 fully saturated rings. The summed E-state index contributed by atoms with van der Waals surface area (Å²) < 4.78 is 4.82. The zero-order valence-electron chi connectivity index (χ0n) is 11.5. The first-order valence-corrected chi connectivity index (χ1v) is 10.7. The van der Waals surface area contributed by atoms with E-state index in [2.05, 4.69) is 95.6 Å². The Labute approximate surface area is 180 Å². The van der Waals surface area contributed by atoms with Crippen molar-refractivity contribution >= 4 is 95.6 Å². The third-order valence-electron chi connectivity index (χ3n) is 2.03. The summed E-state index contributed by atoms with van der Waals surface area (Å²) >= 11 is 19.5. The lowest BCUT2D eigenvalue weighted by atomic mass is 10.3. The van der Waals surface area contributed by atoms with Crippen molar-refractivity contribution < 1.29 is 10.2 Å². The van der Waals surface area contributed by atoms with Crippen LogP contribution in [0.25, 0.3) is 0 Å². The molecule has 0 spiro atoms. The third kappa shape index (κ3) is 6.81. The maximum atomic E-state index is 9.13. The van der Waals surface area contributed by atoms with Gasteiger partial charge in [0.1, 0.15) is 11.5 Å². The van der Waals surface area contributed by atoms with Crippen molar-refractivity contribution in [3.63, 3.8) is 0 Å². The molecule has 0 aliphatic carbocycles. The molecule has 2 nitrogen and oxygen atoms in total. The summed E-state index contributed by atoms with van der Waals surface area (Å²) in [6.07, 6.45) is 0. The number of benzene rings is 2. The molecular formula is C14H12Br6O2. The van der Waals surface area contributed by atoms with Crippen molar-refractivity contribution in [2.24, 2.45) is 0 Å². The number of aromatic hydroxyl groups is 2. The van der Waals surface area contributed by atoms with E-state index in [4.69, 9.17) is 10.2 Å². The number of rotatable bonds is 0. The highest BCUT2D eigenvalue weighted by atomic mass is 79.9. The van der Waals surface area contributed by atoms with Crippen molar-refractivity contribution in [2.75, 3.05) is 0 Å². The van der Waals surface area contributed by atoms with E-state index in [0.717, 1.165) is 17.9 Å². The standard InChI is InChI=1S/2C6H3Br3O.C2H6/c2*7-3-1-2-4(10)6(9)5(3)8;1-2/h2*1-2,10H;1-2H3. The highest BCUT2D eigenvalue weighted by Gasteiger charge is 2.05. The number of phenols is 2. The Morgan fingerprint density at radius 3 is 1.05 bits per heavy atom. The predicted molar refractivity (Wildman–Crippen MR) is 114 cm³/mol. The quantitative estimate of drug-likeness (QED) is 0.273. The van der Waals surface area contributed by atoms with E-state index in [1.54, 1.807) is 24.3 Å². The van der Waals surface area contributed by atoms with Crippen LogP contribution in [0, 0.1) is 0 Å². The van der Waals surface area contributed by atoms with Gasteiger partial charge >= 0.3 is 0 Å². The average Bonchev–Trinajstić information content (AvgIpc) is 2.53. The van der Waals surface area contributed by atoms with E-state index >= 15 is 0 Å². The van der Waals surface area contributed by atoms with Gasteiger partial charge < -0.3 is 10.2 Å². The first-order valence-electron chi connectivity index (χ1n) is 5.90. The van der Waals surface area contributed by atoms with Gasteiger partial charge in [0, 0.05) is 17.9 Å². The zero-order chi connectivity index (χ0) is 17.4. The molecule has 0 atom stereocenters. The third-order valence-corrected chi connectivity index (χ3v) is 8.73. The lowest BCUT2D eigenvalue weighted by Crippen LogP contribution is -1.72. The van der Waals surface area contributed by atoms with Gasteiger partial charge in [-0.15, -0.1) is 0 Å². The van der Waals surface area contributed by atoms with Gasteiger partial charge in [-0.25, -0.2) is 0 Å². The fourth-order valence-corrected chi connectivity index (χ4v) is 3.59. The van der Waals surface area contributed by atoms with E-state index in [1.165, 1.54) is 0 Å². The number of phenolic OH excluding ortho intramolecular Hbond substituents is 2. The van der Waals surface area contributed by atoms with Gasteiger partial charge in [-0.05, 0) is 120 Å². The molecule has 2 N–H and O–H groups in total. The van der Waals surface area contributed by atoms with E-state index in [-0.39, 0.29) is 11.5 Å². The zero-order valence-corrected chi connectivity index (χ0v) is 21.0. The van der Waals surface area contributed by atoms with Crippen LogP contribution in [0.4, 0.5) is 0 Å². The highest BCUT2D eigenvalue weighted by molar-refractivity contribution is 9.15. The molecular weight excluding hydrogens is 680 g/mol. The van der Waals surface area contributed by atoms with Crippen molar-refractivity contribution in [2.45, 2.75) is 13.8 Å². The summed E-state index contributed by atoms with van der Waals surface area (Å²) in [5.74, 6) is 0.463. The van der Waals surface area contributed by atoms with Crippen molar-refractivity contribution in [1.29, 1.82) is 0 Å². The van der Waals surface area contributed by atoms with Gasteiger partial charge in [0.05, 0.1) is 8.95 Å². The van der Waals surface area contributed by atoms with E-state index < -0.39 is 0 Å². The van der Waals surface area contributed by atoms with Gasteiger partial charge in [0.25, 0.3) is 0 Å². The largest absolute Gasteiger partial charge is 0.507 e. The van der Waals surface area contributed by atoms with E-state index in [1.807, 2.05) is 13.8 Å². The predicted octanol–water partition coefficient (Wildman–Crippen LogP) is 8.39. The Morgan fingerprint density at radius 2 is 0.818 bits per heavy atom. The molecule has 0 aromatic heterocycles. The minimum absolute atomic E-state index is 0.232. The summed E-state index contributed by atoms with van der Waals surface area (Å²) in [7, 11) is 0. The lowest BCUT2D eigenvalue weighted by molar-refractivity contribution is 0.470. The number of hydrogen-bond donors (Lipinski definition) is 2. The second-order valence-electron chi connectivity index (χ2n) is 3.39. The Balaban J connectivity index is 0.000000360. The minimum Gasteiger partial charge on any atom is -0.507 e. The van der Waals surface area contributed by atoms with Crippen LogP contribution in [-0.2, 0) is 0 Å². The molecule has 0 saturated carbocycles. The van der Waals surface area contributed by atoms with Crippen LogP contribution in [0.5, 0.6) is 11.5 Å². The molecule has 0 amide bonds. The smallest absolute Gasteiger partial charge is 0.130 e. The summed E-state index contributed by atoms with van der Waals surface area (Å²) in [6.45, 7) is 4.00. The SMILES string of the molecule is CC.Oc1ccc(Br)c(Br)c1Br.Oc1ccc(Br)c(Br)c1Br. The second kappa shape index (κ2) is 11.5. The molecule has 0 saturated heterocycles. The summed E-state index contributed by atoms with van der Waals surface area (Å²) in [5, 5.41) is 18.3. The second-order valence-corrected chi connectivity index (χ2v) is 8.27. The van der Waals surface area contributed by atoms with Gasteiger partial charge in [-0.2, -0.15) is 0 Å². The Kier molecular flexibility index (Phi) is 11.9. The van der Waals surface area contributed by atoms with Crippen molar-refractivity contribution in [3.05, 3.63) is 51.1 Å². The Bertz CT molecular complexity index is 522. The van der Waals surface area contributed by atoms with Gasteiger partial charge in [-0.1, -0.05) is 13.8 Å². The molecule has 0 radical (unpaired) electrons. The van der Waals surface area contributed by atoms with E-state index in [0.29, 0.717) is 8.95 Å². The molecule has 22 heavy (non-hydrogen) atoms. The minimum atomic E-state index is 0.232. The number of hydrogen-bond acceptors (Lipinski definition) is 2. The Morgan fingerprint density at radius 1 is 0.545 bits per heavy atom. The van der Waals surface area contributed by atoms with Crippen LogP contribution in [0.15, 0.2) is 51.1 Å². The molecule has 0 heterocycles. The first-order chi connectivity index (χ1) is 10.3. The first kappa shape index (κ1) is 22.9. The number of halogens is 6. The molecule has 2 aromatic carbocycles. The summed E-state index contributed by atoms with van der Waals surface area (Å²) in [5.41, 5.74) is 0. The van der Waals surface area contributed by atoms with Crippen molar-refractivity contribution in [1.82, 2.24) is 0 Å². The fourth-order valence-electron chi connectivity index (χ4n) is 1.03. The summed E-state index contributed by atoms with van der Waals surface area (Å²) in [6, 6.07) is 6.76. The topological polar surface area (TPSA) is 40.5 Å². The van der Waals surface area contributed by atoms with Crippen LogP contribution < -0.4 is 0 Å². The van der Waals surface area contributed by atoms with E-state index in [9.17, 15) is 0 Å². The molecule has 0 aliphatic rings. The maximum absolute atomic E-state index is 9.13. The monoisotopic (exact) mass is 686 g/mol. The van der Waals surface area contributed by atoms with Crippen molar-refractivity contribution in [3.8, 4) is 11.5 Å². The van der Waals surface area contributed by atoms with Crippen LogP contribution in [0.1, 0.15) is 13.8 Å². The Hall–Kier alpha value is 0.920. The molecule has 8 heteroatoms. The van der Waals surface area contributed by atoms with Crippen LogP contribution in [-0.4, -0.2) is 10.2 Å². The molecule has 0 unspecified atom stereocenters. The molecule has 122 valence electrons. The highest BCUT2D eigenvalue weighted by Crippen LogP contribution is 2.37. The molecule has 0 bridgehead atoms. The van der Waals surface area contributed by atoms with Gasteiger partial charge in [0.15, 0.2) is 0 Å². The van der Waals surface area contributed by atoms with Gasteiger partial charge in [-0.3, -0.25) is 0 Å². The van der Waals surface area contributed by atoms with Crippen LogP contribution >= 0.6 is 95.6 Å². The fraction of sp³-hybridized carbons (Fsp3) is 0.143. The maximum Gasteiger partial charge on any atom is 0.130 e. The molecule has 2 aromatic rings. The van der Waals surface area contributed by atoms with Gasteiger partial charge in [0.2, 0.25) is 0 Å². The normalized spacial score (nSPS) is 9.27. The summed E-state index contributed by atoms with van der Waals surface area (Å²) in [4.78, 5) is 0. The van der Waals surface area contributed by atoms with Crippen LogP contribution in [0.3, 0.4) is 0 Å². The molecule has 0 aliphatic heterocycles. The van der Waals surface area contributed by atoms with Crippen LogP contribution in [0.2, 0.25) is 0 Å². The lowest BCUT2D eigenvalue weighted by Gasteiger charge is -2.00.